The van der Waals surface area contributed by atoms with E-state index in [0.29, 0.717) is 6.04 Å². The Bertz CT molecular complexity index is 499. The van der Waals surface area contributed by atoms with Gasteiger partial charge >= 0.3 is 0 Å². The maximum atomic E-state index is 4.38. The zero-order valence-electron chi connectivity index (χ0n) is 14.5. The third kappa shape index (κ3) is 5.36. The van der Waals surface area contributed by atoms with E-state index in [-0.39, 0.29) is 0 Å². The Labute approximate surface area is 153 Å². The van der Waals surface area contributed by atoms with Crippen molar-refractivity contribution in [2.75, 3.05) is 32.4 Å². The molecule has 1 aromatic rings. The molecule has 1 unspecified atom stereocenters. The summed E-state index contributed by atoms with van der Waals surface area (Å²) in [5.41, 5.74) is 0. The highest BCUT2D eigenvalue weighted by Crippen LogP contribution is 2.26. The fraction of sp³-hybridized carbons (Fsp3) is 0.765. The van der Waals surface area contributed by atoms with E-state index in [0.717, 1.165) is 35.1 Å². The average Bonchev–Trinajstić information content (AvgIpc) is 3.34. The normalized spacial score (nSPS) is 23.0. The van der Waals surface area contributed by atoms with E-state index in [1.165, 1.54) is 45.2 Å². The molecule has 2 N–H and O–H groups in total. The Balaban J connectivity index is 1.30. The van der Waals surface area contributed by atoms with Crippen molar-refractivity contribution in [2.45, 2.75) is 54.9 Å². The summed E-state index contributed by atoms with van der Waals surface area (Å²) in [6, 6.07) is 1.39. The van der Waals surface area contributed by atoms with E-state index in [4.69, 9.17) is 0 Å². The monoisotopic (exact) mass is 367 g/mol. The molecule has 5 nitrogen and oxygen atoms in total. The van der Waals surface area contributed by atoms with Crippen molar-refractivity contribution in [3.05, 3.63) is 11.6 Å². The van der Waals surface area contributed by atoms with Gasteiger partial charge in [0.1, 0.15) is 4.34 Å². The lowest BCUT2D eigenvalue weighted by Gasteiger charge is -2.24. The van der Waals surface area contributed by atoms with Crippen LogP contribution in [-0.4, -0.2) is 60.4 Å². The van der Waals surface area contributed by atoms with Crippen LogP contribution in [0.15, 0.2) is 20.9 Å². The molecule has 0 radical (unpaired) electrons. The van der Waals surface area contributed by atoms with E-state index in [2.05, 4.69) is 25.5 Å². The SMILES string of the molecule is CN=C(NCCCSc1nccs1)NC1CCN(C2CCCC2)C1. The number of aromatic nitrogens is 1. The van der Waals surface area contributed by atoms with Crippen LogP contribution in [0.5, 0.6) is 0 Å². The highest BCUT2D eigenvalue weighted by Gasteiger charge is 2.30. The third-order valence-corrected chi connectivity index (χ3v) is 6.93. The van der Waals surface area contributed by atoms with Gasteiger partial charge in [-0.2, -0.15) is 0 Å². The molecule has 1 aliphatic heterocycles. The quantitative estimate of drug-likeness (QED) is 0.336. The highest BCUT2D eigenvalue weighted by molar-refractivity contribution is 8.00. The standard InChI is InChI=1S/C17H29N5S2/c1-18-16(19-8-4-11-23-17-20-9-12-24-17)21-14-7-10-22(13-14)15-5-2-3-6-15/h9,12,14-15H,2-8,10-11,13H2,1H3,(H2,18,19,21). The molecule has 1 aromatic heterocycles. The van der Waals surface area contributed by atoms with Gasteiger partial charge in [-0.1, -0.05) is 24.6 Å². The molecule has 1 atom stereocenters. The van der Waals surface area contributed by atoms with Gasteiger partial charge in [-0.3, -0.25) is 9.89 Å². The zero-order chi connectivity index (χ0) is 16.6. The van der Waals surface area contributed by atoms with Crippen molar-refractivity contribution in [3.8, 4) is 0 Å². The summed E-state index contributed by atoms with van der Waals surface area (Å²) in [4.78, 5) is 11.4. The van der Waals surface area contributed by atoms with E-state index >= 15 is 0 Å². The Morgan fingerprint density at radius 3 is 3.04 bits per heavy atom. The molecule has 24 heavy (non-hydrogen) atoms. The summed E-state index contributed by atoms with van der Waals surface area (Å²) in [6.07, 6.45) is 9.85. The van der Waals surface area contributed by atoms with E-state index in [9.17, 15) is 0 Å². The van der Waals surface area contributed by atoms with E-state index < -0.39 is 0 Å². The van der Waals surface area contributed by atoms with Crippen molar-refractivity contribution < 1.29 is 0 Å². The molecular weight excluding hydrogens is 338 g/mol. The molecule has 2 fully saturated rings. The molecule has 0 spiro atoms. The van der Waals surface area contributed by atoms with Gasteiger partial charge in [-0.25, -0.2) is 4.98 Å². The predicted molar refractivity (Wildman–Crippen MR) is 104 cm³/mol. The first-order valence-corrected chi connectivity index (χ1v) is 10.9. The number of guanidine groups is 1. The van der Waals surface area contributed by atoms with Gasteiger partial charge in [-0.15, -0.1) is 11.3 Å². The second kappa shape index (κ2) is 9.63. The average molecular weight is 368 g/mol. The molecule has 0 bridgehead atoms. The van der Waals surface area contributed by atoms with Gasteiger partial charge < -0.3 is 10.6 Å². The molecule has 1 aliphatic carbocycles. The number of nitrogens with zero attached hydrogens (tertiary/aromatic N) is 3. The van der Waals surface area contributed by atoms with E-state index in [1.807, 2.05) is 30.4 Å². The Kier molecular flexibility index (Phi) is 7.23. The smallest absolute Gasteiger partial charge is 0.191 e. The summed E-state index contributed by atoms with van der Waals surface area (Å²) < 4.78 is 1.16. The van der Waals surface area contributed by atoms with Crippen LogP contribution in [-0.2, 0) is 0 Å². The van der Waals surface area contributed by atoms with Crippen LogP contribution < -0.4 is 10.6 Å². The fourth-order valence-corrected chi connectivity index (χ4v) is 5.26. The molecule has 1 saturated carbocycles. The van der Waals surface area contributed by atoms with Crippen LogP contribution in [0.4, 0.5) is 0 Å². The van der Waals surface area contributed by atoms with Crippen LogP contribution in [0, 0.1) is 0 Å². The maximum absolute atomic E-state index is 4.38. The predicted octanol–water partition coefficient (Wildman–Crippen LogP) is 2.81. The van der Waals surface area contributed by atoms with Gasteiger partial charge in [0.05, 0.1) is 0 Å². The number of thioether (sulfide) groups is 1. The lowest BCUT2D eigenvalue weighted by atomic mass is 10.2. The number of rotatable bonds is 7. The van der Waals surface area contributed by atoms with Crippen LogP contribution in [0.2, 0.25) is 0 Å². The highest BCUT2D eigenvalue weighted by atomic mass is 32.2. The van der Waals surface area contributed by atoms with Crippen molar-refractivity contribution in [1.82, 2.24) is 20.5 Å². The van der Waals surface area contributed by atoms with Crippen LogP contribution in [0.25, 0.3) is 0 Å². The zero-order valence-corrected chi connectivity index (χ0v) is 16.2. The first kappa shape index (κ1) is 18.0. The molecule has 2 aliphatic rings. The molecule has 1 saturated heterocycles. The van der Waals surface area contributed by atoms with Crippen molar-refractivity contribution >= 4 is 29.1 Å². The molecule has 2 heterocycles. The van der Waals surface area contributed by atoms with Gasteiger partial charge in [0.15, 0.2) is 5.96 Å². The Morgan fingerprint density at radius 2 is 2.29 bits per heavy atom. The second-order valence-corrected chi connectivity index (χ2v) is 8.80. The number of aliphatic imine (C=N–C) groups is 1. The minimum atomic E-state index is 0.543. The van der Waals surface area contributed by atoms with Crippen molar-refractivity contribution in [1.29, 1.82) is 0 Å². The van der Waals surface area contributed by atoms with Gasteiger partial charge in [0.25, 0.3) is 0 Å². The van der Waals surface area contributed by atoms with Crippen LogP contribution >= 0.6 is 23.1 Å². The van der Waals surface area contributed by atoms with Crippen molar-refractivity contribution in [2.24, 2.45) is 4.99 Å². The molecule has 0 aromatic carbocycles. The molecule has 7 heteroatoms. The number of likely N-dealkylation sites (tertiary alicyclic amines) is 1. The molecule has 0 amide bonds. The lowest BCUT2D eigenvalue weighted by molar-refractivity contribution is 0.242. The maximum Gasteiger partial charge on any atom is 0.191 e. The minimum absolute atomic E-state index is 0.543. The number of thiazole rings is 1. The molecule has 3 rings (SSSR count). The largest absolute Gasteiger partial charge is 0.356 e. The Morgan fingerprint density at radius 1 is 1.42 bits per heavy atom. The van der Waals surface area contributed by atoms with Crippen molar-refractivity contribution in [3.63, 3.8) is 0 Å². The lowest BCUT2D eigenvalue weighted by Crippen LogP contribution is -2.45. The van der Waals surface area contributed by atoms with E-state index in [1.54, 1.807) is 11.3 Å². The number of nitrogens with one attached hydrogen (secondary N) is 2. The molecular formula is C17H29N5S2. The third-order valence-electron chi connectivity index (χ3n) is 4.87. The summed E-state index contributed by atoms with van der Waals surface area (Å²) in [5.74, 6) is 2.05. The summed E-state index contributed by atoms with van der Waals surface area (Å²) >= 11 is 3.55. The summed E-state index contributed by atoms with van der Waals surface area (Å²) in [6.45, 7) is 3.37. The summed E-state index contributed by atoms with van der Waals surface area (Å²) in [7, 11) is 1.86. The second-order valence-electron chi connectivity index (χ2n) is 6.56. The minimum Gasteiger partial charge on any atom is -0.356 e. The topological polar surface area (TPSA) is 52.6 Å². The van der Waals surface area contributed by atoms with Crippen LogP contribution in [0.1, 0.15) is 38.5 Å². The van der Waals surface area contributed by atoms with Gasteiger partial charge in [0, 0.05) is 56.1 Å². The van der Waals surface area contributed by atoms with Gasteiger partial charge in [-0.05, 0) is 25.7 Å². The number of hydrogen-bond donors (Lipinski definition) is 2. The van der Waals surface area contributed by atoms with Crippen LogP contribution in [0.3, 0.4) is 0 Å². The number of hydrogen-bond acceptors (Lipinski definition) is 5. The Hall–Kier alpha value is -0.790. The first-order chi connectivity index (χ1) is 11.8. The first-order valence-electron chi connectivity index (χ1n) is 9.08. The van der Waals surface area contributed by atoms with Gasteiger partial charge in [0.2, 0.25) is 0 Å². The fourth-order valence-electron chi connectivity index (χ4n) is 3.61. The summed E-state index contributed by atoms with van der Waals surface area (Å²) in [5, 5.41) is 9.09. The molecule has 134 valence electrons.